The van der Waals surface area contributed by atoms with E-state index in [-0.39, 0.29) is 5.92 Å². The lowest BCUT2D eigenvalue weighted by molar-refractivity contribution is -0.137. The van der Waals surface area contributed by atoms with E-state index in [0.717, 1.165) is 16.7 Å². The van der Waals surface area contributed by atoms with Crippen LogP contribution in [0.15, 0.2) is 48.5 Å². The molecule has 2 aromatic rings. The predicted molar refractivity (Wildman–Crippen MR) is 75.6 cm³/mol. The van der Waals surface area contributed by atoms with E-state index in [2.05, 4.69) is 6.07 Å². The van der Waals surface area contributed by atoms with E-state index in [9.17, 15) is 9.90 Å². The molecular weight excluding hydrogens is 260 g/mol. The van der Waals surface area contributed by atoms with Gasteiger partial charge in [-0.05, 0) is 28.7 Å². The second kappa shape index (κ2) is 4.71. The van der Waals surface area contributed by atoms with Crippen LogP contribution in [0.2, 0.25) is 0 Å². The Morgan fingerprint density at radius 1 is 1.11 bits per heavy atom. The first-order valence-corrected chi connectivity index (χ1v) is 6.66. The normalized spacial score (nSPS) is 18.3. The maximum Gasteiger partial charge on any atom is 0.322 e. The van der Waals surface area contributed by atoms with Crippen LogP contribution in [0.4, 0.5) is 0 Å². The molecule has 0 amide bonds. The largest absolute Gasteiger partial charge is 0.480 e. The van der Waals surface area contributed by atoms with Crippen molar-refractivity contribution >= 4 is 17.6 Å². The zero-order valence-electron chi connectivity index (χ0n) is 10.2. The summed E-state index contributed by atoms with van der Waals surface area (Å²) in [6, 6.07) is 16.0. The zero-order valence-corrected chi connectivity index (χ0v) is 11.0. The minimum atomic E-state index is -0.958. The highest BCUT2D eigenvalue weighted by atomic mass is 35.5. The summed E-state index contributed by atoms with van der Waals surface area (Å²) >= 11 is 6.09. The lowest BCUT2D eigenvalue weighted by Crippen LogP contribution is -2.26. The third kappa shape index (κ3) is 2.02. The number of fused-ring (bicyclic) bond motifs is 3. The maximum absolute atomic E-state index is 11.2. The van der Waals surface area contributed by atoms with Gasteiger partial charge in [0.05, 0.1) is 0 Å². The molecule has 0 spiro atoms. The van der Waals surface area contributed by atoms with Gasteiger partial charge in [0, 0.05) is 5.92 Å². The van der Waals surface area contributed by atoms with Gasteiger partial charge in [-0.3, -0.25) is 4.79 Å². The quantitative estimate of drug-likeness (QED) is 0.847. The third-order valence-electron chi connectivity index (χ3n) is 3.70. The van der Waals surface area contributed by atoms with Gasteiger partial charge in [-0.25, -0.2) is 0 Å². The lowest BCUT2D eigenvalue weighted by Gasteiger charge is -2.29. The molecule has 0 aliphatic heterocycles. The topological polar surface area (TPSA) is 37.3 Å². The van der Waals surface area contributed by atoms with Crippen LogP contribution in [0.5, 0.6) is 0 Å². The molecule has 3 rings (SSSR count). The molecule has 2 atom stereocenters. The third-order valence-corrected chi connectivity index (χ3v) is 4.19. The minimum Gasteiger partial charge on any atom is -0.480 e. The summed E-state index contributed by atoms with van der Waals surface area (Å²) in [7, 11) is 0. The number of carboxylic acid groups (broad SMARTS) is 1. The van der Waals surface area contributed by atoms with Crippen LogP contribution >= 0.6 is 11.6 Å². The molecule has 1 aliphatic carbocycles. The maximum atomic E-state index is 11.2. The van der Waals surface area contributed by atoms with Crippen LogP contribution in [0.25, 0.3) is 11.1 Å². The molecule has 3 heteroatoms. The summed E-state index contributed by atoms with van der Waals surface area (Å²) in [5, 5.41) is 8.28. The highest BCUT2D eigenvalue weighted by Crippen LogP contribution is 2.42. The molecule has 0 heterocycles. The van der Waals surface area contributed by atoms with Crippen molar-refractivity contribution in [3.05, 3.63) is 59.7 Å². The van der Waals surface area contributed by atoms with E-state index < -0.39 is 11.3 Å². The number of alkyl halides is 1. The van der Waals surface area contributed by atoms with Crippen molar-refractivity contribution in [2.45, 2.75) is 17.7 Å². The fourth-order valence-electron chi connectivity index (χ4n) is 2.81. The summed E-state index contributed by atoms with van der Waals surface area (Å²) in [6.07, 6.45) is 0.674. The van der Waals surface area contributed by atoms with Crippen molar-refractivity contribution in [2.24, 2.45) is 0 Å². The minimum absolute atomic E-state index is 0.176. The first kappa shape index (κ1) is 12.2. The Balaban J connectivity index is 2.17. The number of halogens is 1. The van der Waals surface area contributed by atoms with Crippen molar-refractivity contribution in [1.82, 2.24) is 0 Å². The summed E-state index contributed by atoms with van der Waals surface area (Å²) < 4.78 is 0. The molecule has 19 heavy (non-hydrogen) atoms. The molecule has 2 nitrogen and oxygen atoms in total. The Morgan fingerprint density at radius 2 is 1.74 bits per heavy atom. The number of rotatable bonds is 2. The Hall–Kier alpha value is -1.80. The molecular formula is C16H13ClO2. The average Bonchev–Trinajstić information content (AvgIpc) is 2.45. The second-order valence-electron chi connectivity index (χ2n) is 4.80. The summed E-state index contributed by atoms with van der Waals surface area (Å²) in [6.45, 7) is 0. The number of carboxylic acids is 1. The lowest BCUT2D eigenvalue weighted by atomic mass is 9.77. The van der Waals surface area contributed by atoms with Gasteiger partial charge in [0.2, 0.25) is 0 Å². The van der Waals surface area contributed by atoms with E-state index in [1.807, 2.05) is 42.5 Å². The molecule has 1 N–H and O–H groups in total. The first-order valence-electron chi connectivity index (χ1n) is 6.22. The number of hydrogen-bond acceptors (Lipinski definition) is 1. The van der Waals surface area contributed by atoms with Crippen LogP contribution in [-0.2, 0) is 11.2 Å². The monoisotopic (exact) mass is 272 g/mol. The van der Waals surface area contributed by atoms with Crippen LogP contribution in [-0.4, -0.2) is 16.5 Å². The summed E-state index contributed by atoms with van der Waals surface area (Å²) in [5.41, 5.74) is 4.48. The molecule has 0 aromatic heterocycles. The second-order valence-corrected chi connectivity index (χ2v) is 5.27. The highest BCUT2D eigenvalue weighted by Gasteiger charge is 2.33. The van der Waals surface area contributed by atoms with Crippen molar-refractivity contribution in [3.8, 4) is 11.1 Å². The molecule has 0 saturated carbocycles. The van der Waals surface area contributed by atoms with Crippen molar-refractivity contribution in [1.29, 1.82) is 0 Å². The Kier molecular flexibility index (Phi) is 3.03. The molecule has 0 saturated heterocycles. The first-order chi connectivity index (χ1) is 9.18. The molecule has 0 fully saturated rings. The van der Waals surface area contributed by atoms with E-state index in [0.29, 0.717) is 6.42 Å². The number of aliphatic carboxylic acids is 1. The van der Waals surface area contributed by atoms with Gasteiger partial charge >= 0.3 is 5.97 Å². The number of carbonyl (C=O) groups is 1. The van der Waals surface area contributed by atoms with E-state index >= 15 is 0 Å². The van der Waals surface area contributed by atoms with Gasteiger partial charge in [0.15, 0.2) is 0 Å². The van der Waals surface area contributed by atoms with E-state index in [4.69, 9.17) is 11.6 Å². The molecule has 0 radical (unpaired) electrons. The van der Waals surface area contributed by atoms with E-state index in [1.54, 1.807) is 0 Å². The molecule has 2 aromatic carbocycles. The number of hydrogen-bond donors (Lipinski definition) is 1. The zero-order chi connectivity index (χ0) is 13.4. The summed E-state index contributed by atoms with van der Waals surface area (Å²) in [5.74, 6) is -1.13. The fourth-order valence-corrected chi connectivity index (χ4v) is 3.03. The SMILES string of the molecule is O=C(O)C(Cl)C1Cc2ccccc2-c2ccccc21. The van der Waals surface area contributed by atoms with Gasteiger partial charge in [-0.15, -0.1) is 11.6 Å². The molecule has 2 unspecified atom stereocenters. The van der Waals surface area contributed by atoms with Gasteiger partial charge < -0.3 is 5.11 Å². The van der Waals surface area contributed by atoms with Gasteiger partial charge in [0.1, 0.15) is 5.38 Å². The van der Waals surface area contributed by atoms with Crippen molar-refractivity contribution < 1.29 is 9.90 Å². The van der Waals surface area contributed by atoms with E-state index in [1.165, 1.54) is 5.56 Å². The Morgan fingerprint density at radius 3 is 2.47 bits per heavy atom. The van der Waals surface area contributed by atoms with Crippen molar-refractivity contribution in [2.75, 3.05) is 0 Å². The molecule has 0 bridgehead atoms. The van der Waals surface area contributed by atoms with Crippen molar-refractivity contribution in [3.63, 3.8) is 0 Å². The standard InChI is InChI=1S/C16H13ClO2/c17-15(16(18)19)14-9-10-5-1-2-6-11(10)12-7-3-4-8-13(12)14/h1-8,14-15H,9H2,(H,18,19). The van der Waals surface area contributed by atoms with Gasteiger partial charge in [0.25, 0.3) is 0 Å². The predicted octanol–water partition coefficient (Wildman–Crippen LogP) is 3.69. The molecule has 96 valence electrons. The Bertz CT molecular complexity index is 636. The van der Waals surface area contributed by atoms with Gasteiger partial charge in [-0.2, -0.15) is 0 Å². The summed E-state index contributed by atoms with van der Waals surface area (Å²) in [4.78, 5) is 11.2. The Labute approximate surface area is 116 Å². The van der Waals surface area contributed by atoms with Crippen LogP contribution in [0, 0.1) is 0 Å². The number of benzene rings is 2. The van der Waals surface area contributed by atoms with Crippen LogP contribution < -0.4 is 0 Å². The fraction of sp³-hybridized carbons (Fsp3) is 0.188. The smallest absolute Gasteiger partial charge is 0.322 e. The molecule has 1 aliphatic rings. The van der Waals surface area contributed by atoms with Crippen LogP contribution in [0.3, 0.4) is 0 Å². The highest BCUT2D eigenvalue weighted by molar-refractivity contribution is 6.30. The van der Waals surface area contributed by atoms with Crippen LogP contribution in [0.1, 0.15) is 17.0 Å². The van der Waals surface area contributed by atoms with Gasteiger partial charge in [-0.1, -0.05) is 48.5 Å². The average molecular weight is 273 g/mol.